The molecule has 246 valence electrons. The lowest BCUT2D eigenvalue weighted by atomic mass is 9.61. The van der Waals surface area contributed by atoms with E-state index in [1.807, 2.05) is 0 Å². The van der Waals surface area contributed by atoms with Gasteiger partial charge in [-0.2, -0.15) is 0 Å². The number of rotatable bonds is 2. The lowest BCUT2D eigenvalue weighted by Gasteiger charge is -2.50. The SMILES string of the molecule is CC(C)(C)c1ccc(N2c3ccc(-c4ccc5c(c4)C4(c6ccccc6-c6ccccc64)c4ccccc4-5)cc3C3(C)CCCCC23C)cc1. The molecule has 4 aliphatic rings. The Labute approximate surface area is 297 Å². The smallest absolute Gasteiger partial charge is 0.0725 e. The van der Waals surface area contributed by atoms with Crippen molar-refractivity contribution in [3.63, 3.8) is 0 Å². The van der Waals surface area contributed by atoms with Crippen LogP contribution in [0.15, 0.2) is 133 Å². The van der Waals surface area contributed by atoms with E-state index < -0.39 is 0 Å². The topological polar surface area (TPSA) is 3.24 Å². The Morgan fingerprint density at radius 1 is 0.500 bits per heavy atom. The molecule has 1 heterocycles. The number of benzene rings is 6. The van der Waals surface area contributed by atoms with Gasteiger partial charge in [0.25, 0.3) is 0 Å². The summed E-state index contributed by atoms with van der Waals surface area (Å²) in [5.41, 5.74) is 19.1. The molecular weight excluding hydrogens is 603 g/mol. The molecule has 6 aromatic rings. The van der Waals surface area contributed by atoms with Crippen LogP contribution in [0.2, 0.25) is 0 Å². The van der Waals surface area contributed by atoms with Crippen molar-refractivity contribution < 1.29 is 0 Å². The van der Waals surface area contributed by atoms with E-state index >= 15 is 0 Å². The third kappa shape index (κ3) is 3.68. The minimum atomic E-state index is -0.324. The van der Waals surface area contributed by atoms with Crippen molar-refractivity contribution in [2.75, 3.05) is 4.90 Å². The molecule has 0 N–H and O–H groups in total. The Morgan fingerprint density at radius 3 is 1.58 bits per heavy atom. The summed E-state index contributed by atoms with van der Waals surface area (Å²) in [5, 5.41) is 0. The van der Waals surface area contributed by atoms with Gasteiger partial charge in [-0.25, -0.2) is 0 Å². The third-order valence-corrected chi connectivity index (χ3v) is 13.4. The first-order chi connectivity index (χ1) is 24.2. The molecule has 1 nitrogen and oxygen atoms in total. The predicted octanol–water partition coefficient (Wildman–Crippen LogP) is 12.7. The monoisotopic (exact) mass is 647 g/mol. The lowest BCUT2D eigenvalue weighted by Crippen LogP contribution is -2.54. The molecule has 1 fully saturated rings. The van der Waals surface area contributed by atoms with Crippen LogP contribution in [-0.4, -0.2) is 5.54 Å². The molecular formula is C49H45N. The zero-order chi connectivity index (χ0) is 34.0. The summed E-state index contributed by atoms with van der Waals surface area (Å²) in [4.78, 5) is 2.71. The van der Waals surface area contributed by atoms with Crippen LogP contribution < -0.4 is 4.90 Å². The zero-order valence-electron chi connectivity index (χ0n) is 30.0. The van der Waals surface area contributed by atoms with Gasteiger partial charge in [0.15, 0.2) is 0 Å². The number of anilines is 2. The van der Waals surface area contributed by atoms with Crippen LogP contribution in [0.4, 0.5) is 11.4 Å². The summed E-state index contributed by atoms with van der Waals surface area (Å²) >= 11 is 0. The van der Waals surface area contributed by atoms with E-state index in [4.69, 9.17) is 0 Å². The summed E-state index contributed by atoms with van der Waals surface area (Å²) in [6, 6.07) is 51.5. The van der Waals surface area contributed by atoms with E-state index in [-0.39, 0.29) is 21.8 Å². The van der Waals surface area contributed by atoms with Crippen LogP contribution in [0, 0.1) is 0 Å². The highest BCUT2D eigenvalue weighted by atomic mass is 15.3. The molecule has 10 rings (SSSR count). The maximum Gasteiger partial charge on any atom is 0.0725 e. The van der Waals surface area contributed by atoms with Crippen molar-refractivity contribution in [3.05, 3.63) is 167 Å². The Hall–Kier alpha value is -4.88. The second kappa shape index (κ2) is 10.1. The summed E-state index contributed by atoms with van der Waals surface area (Å²) < 4.78 is 0. The van der Waals surface area contributed by atoms with Gasteiger partial charge in [0.1, 0.15) is 0 Å². The Balaban J connectivity index is 1.16. The highest BCUT2D eigenvalue weighted by Crippen LogP contribution is 2.64. The molecule has 0 amide bonds. The first kappa shape index (κ1) is 30.0. The average Bonchev–Trinajstić information content (AvgIpc) is 3.68. The van der Waals surface area contributed by atoms with Crippen molar-refractivity contribution in [1.82, 2.24) is 0 Å². The van der Waals surface area contributed by atoms with Crippen LogP contribution in [0.1, 0.15) is 93.7 Å². The summed E-state index contributed by atoms with van der Waals surface area (Å²) in [5.74, 6) is 0. The average molecular weight is 648 g/mol. The van der Waals surface area contributed by atoms with Gasteiger partial charge >= 0.3 is 0 Å². The Kier molecular flexibility index (Phi) is 6.06. The molecule has 0 aromatic heterocycles. The molecule has 1 heteroatoms. The highest BCUT2D eigenvalue weighted by molar-refractivity contribution is 5.96. The van der Waals surface area contributed by atoms with Gasteiger partial charge in [-0.1, -0.05) is 144 Å². The van der Waals surface area contributed by atoms with E-state index in [1.165, 1.54) is 104 Å². The van der Waals surface area contributed by atoms with E-state index in [0.29, 0.717) is 0 Å². The van der Waals surface area contributed by atoms with Gasteiger partial charge < -0.3 is 4.90 Å². The van der Waals surface area contributed by atoms with Crippen LogP contribution in [0.5, 0.6) is 0 Å². The largest absolute Gasteiger partial charge is 0.334 e. The molecule has 3 aliphatic carbocycles. The lowest BCUT2D eigenvalue weighted by molar-refractivity contribution is 0.195. The maximum absolute atomic E-state index is 2.71. The third-order valence-electron chi connectivity index (χ3n) is 13.4. The molecule has 1 spiro atoms. The van der Waals surface area contributed by atoms with Crippen molar-refractivity contribution >= 4 is 11.4 Å². The fourth-order valence-corrected chi connectivity index (χ4v) is 10.7. The van der Waals surface area contributed by atoms with Crippen LogP contribution in [-0.2, 0) is 16.2 Å². The van der Waals surface area contributed by atoms with Crippen molar-refractivity contribution in [3.8, 4) is 33.4 Å². The summed E-state index contributed by atoms with van der Waals surface area (Å²) in [6.07, 6.45) is 4.98. The molecule has 6 aromatic carbocycles. The van der Waals surface area contributed by atoms with Crippen molar-refractivity contribution in [2.24, 2.45) is 0 Å². The van der Waals surface area contributed by atoms with Gasteiger partial charge in [0.2, 0.25) is 0 Å². The number of hydrogen-bond donors (Lipinski definition) is 0. The first-order valence-electron chi connectivity index (χ1n) is 18.7. The van der Waals surface area contributed by atoms with Crippen molar-refractivity contribution in [2.45, 2.75) is 82.1 Å². The molecule has 2 atom stereocenters. The van der Waals surface area contributed by atoms with E-state index in [2.05, 4.69) is 173 Å². The Bertz CT molecular complexity index is 2290. The predicted molar refractivity (Wildman–Crippen MR) is 210 cm³/mol. The standard InChI is InChI=1S/C49H45N/c1-46(2,3)34-22-24-35(25-23-34)50-45-27-21-33(31-44(45)47(4)28-12-13-29-48(47,50)5)32-20-26-39-38-16-8-11-19-42(38)49(43(39)30-32)40-17-9-6-14-36(40)37-15-7-10-18-41(37)49/h6-11,14-27,30-31H,12-13,28-29H2,1-5H3. The van der Waals surface area contributed by atoms with Crippen molar-refractivity contribution in [1.29, 1.82) is 0 Å². The van der Waals surface area contributed by atoms with Gasteiger partial charge in [0.05, 0.1) is 11.0 Å². The molecule has 2 unspecified atom stereocenters. The Morgan fingerprint density at radius 2 is 1.00 bits per heavy atom. The molecule has 50 heavy (non-hydrogen) atoms. The van der Waals surface area contributed by atoms with E-state index in [0.717, 1.165) is 0 Å². The van der Waals surface area contributed by atoms with Crippen LogP contribution >= 0.6 is 0 Å². The quantitative estimate of drug-likeness (QED) is 0.180. The van der Waals surface area contributed by atoms with Gasteiger partial charge in [-0.15, -0.1) is 0 Å². The van der Waals surface area contributed by atoms with E-state index in [9.17, 15) is 0 Å². The minimum absolute atomic E-state index is 0.0242. The first-order valence-corrected chi connectivity index (χ1v) is 18.7. The zero-order valence-corrected chi connectivity index (χ0v) is 30.0. The minimum Gasteiger partial charge on any atom is -0.334 e. The fourth-order valence-electron chi connectivity index (χ4n) is 10.7. The normalized spacial score (nSPS) is 22.1. The number of nitrogens with zero attached hydrogens (tertiary/aromatic N) is 1. The fraction of sp³-hybridized carbons (Fsp3) is 0.265. The second-order valence-corrected chi connectivity index (χ2v) is 16.8. The van der Waals surface area contributed by atoms with Gasteiger partial charge in [-0.3, -0.25) is 0 Å². The highest BCUT2D eigenvalue weighted by Gasteiger charge is 2.58. The maximum atomic E-state index is 2.71. The molecule has 0 radical (unpaired) electrons. The second-order valence-electron chi connectivity index (χ2n) is 16.8. The summed E-state index contributed by atoms with van der Waals surface area (Å²) in [7, 11) is 0. The number of hydrogen-bond acceptors (Lipinski definition) is 1. The number of fused-ring (bicyclic) bond motifs is 13. The van der Waals surface area contributed by atoms with E-state index in [1.54, 1.807) is 0 Å². The molecule has 1 aliphatic heterocycles. The molecule has 1 saturated carbocycles. The molecule has 0 saturated heterocycles. The van der Waals surface area contributed by atoms with Crippen LogP contribution in [0.3, 0.4) is 0 Å². The van der Waals surface area contributed by atoms with Gasteiger partial charge in [0, 0.05) is 16.8 Å². The van der Waals surface area contributed by atoms with Gasteiger partial charge in [-0.05, 0) is 122 Å². The van der Waals surface area contributed by atoms with Crippen LogP contribution in [0.25, 0.3) is 33.4 Å². The molecule has 0 bridgehead atoms. The summed E-state index contributed by atoms with van der Waals surface area (Å²) in [6.45, 7) is 12.0.